The van der Waals surface area contributed by atoms with Gasteiger partial charge in [-0.15, -0.1) is 0 Å². The standard InChI is InChI=1S/C13H20N2O2/c1-3-11(14)6-7-15-13(17)10-5-4-9(2)12(16)8-10/h4-5,8,11,16H,3,6-7,14H2,1-2H3,(H,15,17). The van der Waals surface area contributed by atoms with Crippen LogP contribution in [-0.2, 0) is 0 Å². The molecule has 1 atom stereocenters. The Bertz CT molecular complexity index is 391. The molecule has 0 saturated carbocycles. The Balaban J connectivity index is 2.50. The fourth-order valence-corrected chi connectivity index (χ4v) is 1.43. The van der Waals surface area contributed by atoms with E-state index in [4.69, 9.17) is 5.73 Å². The van der Waals surface area contributed by atoms with Crippen molar-refractivity contribution in [3.05, 3.63) is 29.3 Å². The minimum atomic E-state index is -0.177. The summed E-state index contributed by atoms with van der Waals surface area (Å²) in [7, 11) is 0. The summed E-state index contributed by atoms with van der Waals surface area (Å²) >= 11 is 0. The minimum Gasteiger partial charge on any atom is -0.508 e. The van der Waals surface area contributed by atoms with Gasteiger partial charge in [-0.1, -0.05) is 13.0 Å². The maximum absolute atomic E-state index is 11.7. The molecule has 4 heteroatoms. The number of hydrogen-bond donors (Lipinski definition) is 3. The van der Waals surface area contributed by atoms with Crippen LogP contribution >= 0.6 is 0 Å². The predicted molar refractivity (Wildman–Crippen MR) is 68.1 cm³/mol. The summed E-state index contributed by atoms with van der Waals surface area (Å²) in [6.45, 7) is 4.37. The second kappa shape index (κ2) is 6.25. The first-order chi connectivity index (χ1) is 8.04. The second-order valence-electron chi connectivity index (χ2n) is 4.21. The number of carbonyl (C=O) groups is 1. The van der Waals surface area contributed by atoms with Crippen LogP contribution in [0.4, 0.5) is 0 Å². The summed E-state index contributed by atoms with van der Waals surface area (Å²) in [4.78, 5) is 11.7. The van der Waals surface area contributed by atoms with Crippen molar-refractivity contribution in [2.24, 2.45) is 5.73 Å². The number of carbonyl (C=O) groups excluding carboxylic acids is 1. The summed E-state index contributed by atoms with van der Waals surface area (Å²) in [5.41, 5.74) is 6.98. The van der Waals surface area contributed by atoms with E-state index in [0.717, 1.165) is 18.4 Å². The minimum absolute atomic E-state index is 0.127. The smallest absolute Gasteiger partial charge is 0.251 e. The van der Waals surface area contributed by atoms with Crippen molar-refractivity contribution in [1.82, 2.24) is 5.32 Å². The molecular formula is C13H20N2O2. The number of nitrogens with two attached hydrogens (primary N) is 1. The van der Waals surface area contributed by atoms with Crippen molar-refractivity contribution >= 4 is 5.91 Å². The van der Waals surface area contributed by atoms with Crippen molar-refractivity contribution in [3.63, 3.8) is 0 Å². The highest BCUT2D eigenvalue weighted by molar-refractivity contribution is 5.94. The van der Waals surface area contributed by atoms with E-state index in [2.05, 4.69) is 5.32 Å². The number of phenolic OH excluding ortho intramolecular Hbond substituents is 1. The lowest BCUT2D eigenvalue weighted by molar-refractivity contribution is 0.0952. The molecule has 1 aromatic rings. The number of amides is 1. The molecule has 4 nitrogen and oxygen atoms in total. The molecule has 0 aliphatic heterocycles. The SMILES string of the molecule is CCC(N)CCNC(=O)c1ccc(C)c(O)c1. The summed E-state index contributed by atoms with van der Waals surface area (Å²) in [5.74, 6) is -0.0356. The lowest BCUT2D eigenvalue weighted by atomic mass is 10.1. The summed E-state index contributed by atoms with van der Waals surface area (Å²) < 4.78 is 0. The number of nitrogens with one attached hydrogen (secondary N) is 1. The second-order valence-corrected chi connectivity index (χ2v) is 4.21. The van der Waals surface area contributed by atoms with Crippen molar-refractivity contribution < 1.29 is 9.90 Å². The lowest BCUT2D eigenvalue weighted by Crippen LogP contribution is -2.30. The number of hydrogen-bond acceptors (Lipinski definition) is 3. The Morgan fingerprint density at radius 3 is 2.82 bits per heavy atom. The predicted octanol–water partition coefficient (Wildman–Crippen LogP) is 1.56. The van der Waals surface area contributed by atoms with Crippen LogP contribution in [0.15, 0.2) is 18.2 Å². The number of benzene rings is 1. The van der Waals surface area contributed by atoms with E-state index < -0.39 is 0 Å². The van der Waals surface area contributed by atoms with Crippen LogP contribution in [0.2, 0.25) is 0 Å². The highest BCUT2D eigenvalue weighted by Gasteiger charge is 2.07. The third-order valence-corrected chi connectivity index (χ3v) is 2.80. The van der Waals surface area contributed by atoms with Gasteiger partial charge in [0.25, 0.3) is 5.91 Å². The normalized spacial score (nSPS) is 12.2. The van der Waals surface area contributed by atoms with E-state index in [-0.39, 0.29) is 17.7 Å². The highest BCUT2D eigenvalue weighted by Crippen LogP contribution is 2.17. The van der Waals surface area contributed by atoms with E-state index >= 15 is 0 Å². The molecule has 0 aliphatic rings. The quantitative estimate of drug-likeness (QED) is 0.726. The van der Waals surface area contributed by atoms with Gasteiger partial charge >= 0.3 is 0 Å². The van der Waals surface area contributed by atoms with Gasteiger partial charge in [0.1, 0.15) is 5.75 Å². The number of aromatic hydroxyl groups is 1. The van der Waals surface area contributed by atoms with Gasteiger partial charge in [-0.3, -0.25) is 4.79 Å². The van der Waals surface area contributed by atoms with Gasteiger partial charge < -0.3 is 16.2 Å². The van der Waals surface area contributed by atoms with Crippen LogP contribution < -0.4 is 11.1 Å². The molecule has 0 heterocycles. The third kappa shape index (κ3) is 4.07. The molecule has 1 amide bonds. The Morgan fingerprint density at radius 2 is 2.24 bits per heavy atom. The Hall–Kier alpha value is -1.55. The van der Waals surface area contributed by atoms with Gasteiger partial charge in [0.15, 0.2) is 0 Å². The molecule has 17 heavy (non-hydrogen) atoms. The third-order valence-electron chi connectivity index (χ3n) is 2.80. The zero-order chi connectivity index (χ0) is 12.8. The summed E-state index contributed by atoms with van der Waals surface area (Å²) in [6.07, 6.45) is 1.67. The van der Waals surface area contributed by atoms with Gasteiger partial charge in [-0.05, 0) is 37.5 Å². The van der Waals surface area contributed by atoms with E-state index in [1.165, 1.54) is 6.07 Å². The molecule has 0 bridgehead atoms. The van der Waals surface area contributed by atoms with E-state index in [1.54, 1.807) is 19.1 Å². The topological polar surface area (TPSA) is 75.3 Å². The highest BCUT2D eigenvalue weighted by atomic mass is 16.3. The fourth-order valence-electron chi connectivity index (χ4n) is 1.43. The lowest BCUT2D eigenvalue weighted by Gasteiger charge is -2.10. The van der Waals surface area contributed by atoms with E-state index in [0.29, 0.717) is 12.1 Å². The average Bonchev–Trinajstić information content (AvgIpc) is 2.32. The zero-order valence-electron chi connectivity index (χ0n) is 10.4. The van der Waals surface area contributed by atoms with Gasteiger partial charge in [-0.25, -0.2) is 0 Å². The molecule has 4 N–H and O–H groups in total. The maximum atomic E-state index is 11.7. The van der Waals surface area contributed by atoms with Crippen molar-refractivity contribution in [2.75, 3.05) is 6.54 Å². The monoisotopic (exact) mass is 236 g/mol. The van der Waals surface area contributed by atoms with Crippen LogP contribution in [0.1, 0.15) is 35.7 Å². The molecular weight excluding hydrogens is 216 g/mol. The van der Waals surface area contributed by atoms with Gasteiger partial charge in [-0.2, -0.15) is 0 Å². The molecule has 0 fully saturated rings. The molecule has 1 unspecified atom stereocenters. The molecule has 1 rings (SSSR count). The Morgan fingerprint density at radius 1 is 1.53 bits per heavy atom. The molecule has 0 radical (unpaired) electrons. The van der Waals surface area contributed by atoms with Crippen LogP contribution in [-0.4, -0.2) is 23.6 Å². The Labute approximate surface area is 102 Å². The molecule has 0 aliphatic carbocycles. The van der Waals surface area contributed by atoms with E-state index in [9.17, 15) is 9.90 Å². The number of phenols is 1. The van der Waals surface area contributed by atoms with E-state index in [1.807, 2.05) is 6.92 Å². The molecule has 1 aromatic carbocycles. The average molecular weight is 236 g/mol. The first kappa shape index (κ1) is 13.5. The van der Waals surface area contributed by atoms with Crippen molar-refractivity contribution in [1.29, 1.82) is 0 Å². The van der Waals surface area contributed by atoms with Gasteiger partial charge in [0.2, 0.25) is 0 Å². The molecule has 0 aromatic heterocycles. The molecule has 94 valence electrons. The van der Waals surface area contributed by atoms with Gasteiger partial charge in [0.05, 0.1) is 0 Å². The van der Waals surface area contributed by atoms with Crippen LogP contribution in [0.25, 0.3) is 0 Å². The van der Waals surface area contributed by atoms with Crippen LogP contribution in [0.5, 0.6) is 5.75 Å². The summed E-state index contributed by atoms with van der Waals surface area (Å²) in [6, 6.07) is 5.03. The first-order valence-corrected chi connectivity index (χ1v) is 5.88. The first-order valence-electron chi connectivity index (χ1n) is 5.88. The molecule has 0 saturated heterocycles. The molecule has 0 spiro atoms. The number of aryl methyl sites for hydroxylation is 1. The maximum Gasteiger partial charge on any atom is 0.251 e. The van der Waals surface area contributed by atoms with Crippen molar-refractivity contribution in [3.8, 4) is 5.75 Å². The number of rotatable bonds is 5. The van der Waals surface area contributed by atoms with Crippen LogP contribution in [0, 0.1) is 6.92 Å². The van der Waals surface area contributed by atoms with Gasteiger partial charge in [0, 0.05) is 18.2 Å². The van der Waals surface area contributed by atoms with Crippen LogP contribution in [0.3, 0.4) is 0 Å². The van der Waals surface area contributed by atoms with Crippen molar-refractivity contribution in [2.45, 2.75) is 32.7 Å². The summed E-state index contributed by atoms with van der Waals surface area (Å²) in [5, 5.41) is 12.3. The zero-order valence-corrected chi connectivity index (χ0v) is 10.4. The Kier molecular flexibility index (Phi) is 4.97. The largest absolute Gasteiger partial charge is 0.508 e. The fraction of sp³-hybridized carbons (Fsp3) is 0.462.